The van der Waals surface area contributed by atoms with Crippen molar-refractivity contribution >= 4 is 17.7 Å². The third kappa shape index (κ3) is 4.74. The monoisotopic (exact) mass is 289 g/mol. The number of carbonyl (C=O) groups is 1. The van der Waals surface area contributed by atoms with Crippen LogP contribution in [-0.2, 0) is 11.3 Å². The number of nitrogens with one attached hydrogen (secondary N) is 1. The van der Waals surface area contributed by atoms with Gasteiger partial charge in [0.25, 0.3) is 0 Å². The molecule has 1 atom stereocenters. The zero-order valence-electron chi connectivity index (χ0n) is 11.5. The van der Waals surface area contributed by atoms with Crippen molar-refractivity contribution in [3.8, 4) is 0 Å². The lowest BCUT2D eigenvalue weighted by Crippen LogP contribution is -2.32. The molecule has 0 fully saturated rings. The van der Waals surface area contributed by atoms with Gasteiger partial charge in [-0.25, -0.2) is 4.98 Å². The van der Waals surface area contributed by atoms with Crippen LogP contribution in [0.5, 0.6) is 0 Å². The van der Waals surface area contributed by atoms with Crippen molar-refractivity contribution in [3.05, 3.63) is 49.1 Å². The van der Waals surface area contributed by atoms with Crippen molar-refractivity contribution in [2.45, 2.75) is 30.0 Å². The normalized spacial score (nSPS) is 12.1. The van der Waals surface area contributed by atoms with Gasteiger partial charge in [0.15, 0.2) is 0 Å². The first kappa shape index (κ1) is 14.7. The summed E-state index contributed by atoms with van der Waals surface area (Å²) in [4.78, 5) is 17.1. The second-order valence-electron chi connectivity index (χ2n) is 4.52. The maximum atomic E-state index is 12.0. The molecule has 0 aliphatic rings. The summed E-state index contributed by atoms with van der Waals surface area (Å²) in [7, 11) is 0. The van der Waals surface area contributed by atoms with Gasteiger partial charge >= 0.3 is 0 Å². The van der Waals surface area contributed by atoms with Crippen LogP contribution < -0.4 is 5.32 Å². The second-order valence-corrected chi connectivity index (χ2v) is 5.93. The van der Waals surface area contributed by atoms with Crippen LogP contribution in [0, 0.1) is 0 Å². The number of aromatic nitrogens is 2. The molecule has 1 amide bonds. The number of amides is 1. The predicted octanol–water partition coefficient (Wildman–Crippen LogP) is 2.57. The Morgan fingerprint density at radius 1 is 1.40 bits per heavy atom. The highest BCUT2D eigenvalue weighted by Crippen LogP contribution is 2.22. The molecule has 0 saturated heterocycles. The minimum atomic E-state index is -0.0781. The van der Waals surface area contributed by atoms with E-state index in [9.17, 15) is 4.79 Å². The summed E-state index contributed by atoms with van der Waals surface area (Å²) in [6, 6.07) is 9.99. The molecule has 106 valence electrons. The minimum Gasteiger partial charge on any atom is -0.355 e. The number of benzene rings is 1. The first-order chi connectivity index (χ1) is 9.75. The zero-order chi connectivity index (χ0) is 14.2. The molecule has 0 aliphatic heterocycles. The number of thioether (sulfide) groups is 1. The highest BCUT2D eigenvalue weighted by atomic mass is 32.2. The largest absolute Gasteiger partial charge is 0.355 e. The molecule has 0 radical (unpaired) electrons. The van der Waals surface area contributed by atoms with Crippen molar-refractivity contribution in [1.29, 1.82) is 0 Å². The first-order valence-corrected chi connectivity index (χ1v) is 7.59. The van der Waals surface area contributed by atoms with Crippen molar-refractivity contribution in [2.24, 2.45) is 0 Å². The van der Waals surface area contributed by atoms with Crippen LogP contribution in [0.3, 0.4) is 0 Å². The fraction of sp³-hybridized carbons (Fsp3) is 0.333. The van der Waals surface area contributed by atoms with Gasteiger partial charge in [0.2, 0.25) is 5.91 Å². The summed E-state index contributed by atoms with van der Waals surface area (Å²) < 4.78 is 2.01. The molecule has 1 aromatic carbocycles. The van der Waals surface area contributed by atoms with E-state index in [2.05, 4.69) is 10.3 Å². The van der Waals surface area contributed by atoms with Gasteiger partial charge in [-0.2, -0.15) is 0 Å². The van der Waals surface area contributed by atoms with Crippen LogP contribution in [0.1, 0.15) is 13.3 Å². The minimum absolute atomic E-state index is 0.0781. The quantitative estimate of drug-likeness (QED) is 0.629. The third-order valence-corrected chi connectivity index (χ3v) is 3.99. The van der Waals surface area contributed by atoms with Crippen LogP contribution in [0.4, 0.5) is 0 Å². The van der Waals surface area contributed by atoms with E-state index in [0.29, 0.717) is 6.54 Å². The number of rotatable bonds is 7. The fourth-order valence-corrected chi connectivity index (χ4v) is 2.71. The summed E-state index contributed by atoms with van der Waals surface area (Å²) in [5, 5.41) is 2.89. The van der Waals surface area contributed by atoms with E-state index in [1.54, 1.807) is 24.3 Å². The molecule has 5 heteroatoms. The summed E-state index contributed by atoms with van der Waals surface area (Å²) in [6.45, 7) is 3.50. The zero-order valence-corrected chi connectivity index (χ0v) is 12.3. The predicted molar refractivity (Wildman–Crippen MR) is 81.6 cm³/mol. The van der Waals surface area contributed by atoms with Gasteiger partial charge in [-0.05, 0) is 25.5 Å². The van der Waals surface area contributed by atoms with Gasteiger partial charge in [0.1, 0.15) is 0 Å². The highest BCUT2D eigenvalue weighted by Gasteiger charge is 2.13. The molecule has 0 bridgehead atoms. The summed E-state index contributed by atoms with van der Waals surface area (Å²) in [5.41, 5.74) is 0. The topological polar surface area (TPSA) is 46.9 Å². The summed E-state index contributed by atoms with van der Waals surface area (Å²) in [6.07, 6.45) is 6.38. The summed E-state index contributed by atoms with van der Waals surface area (Å²) in [5.74, 6) is 0.0875. The molecule has 1 N–H and O–H groups in total. The van der Waals surface area contributed by atoms with Gasteiger partial charge in [-0.3, -0.25) is 4.79 Å². The third-order valence-electron chi connectivity index (χ3n) is 2.88. The molecule has 0 saturated carbocycles. The number of hydrogen-bond donors (Lipinski definition) is 1. The second kappa shape index (κ2) is 7.75. The molecule has 1 heterocycles. The summed E-state index contributed by atoms with van der Waals surface area (Å²) >= 11 is 1.58. The lowest BCUT2D eigenvalue weighted by molar-refractivity contribution is -0.120. The fourth-order valence-electron chi connectivity index (χ4n) is 1.79. The van der Waals surface area contributed by atoms with E-state index in [0.717, 1.165) is 17.9 Å². The Hall–Kier alpha value is -1.75. The van der Waals surface area contributed by atoms with Crippen molar-refractivity contribution in [2.75, 3.05) is 6.54 Å². The Balaban J connectivity index is 1.66. The molecular formula is C15H19N3OS. The maximum absolute atomic E-state index is 12.0. The van der Waals surface area contributed by atoms with Crippen LogP contribution in [0.25, 0.3) is 0 Å². The number of nitrogens with zero attached hydrogens (tertiary/aromatic N) is 2. The maximum Gasteiger partial charge on any atom is 0.233 e. The highest BCUT2D eigenvalue weighted by molar-refractivity contribution is 8.00. The Labute approximate surface area is 123 Å². The number of carbonyl (C=O) groups excluding carboxylic acids is 1. The average Bonchev–Trinajstić information content (AvgIpc) is 2.97. The van der Waals surface area contributed by atoms with Crippen LogP contribution in [0.2, 0.25) is 0 Å². The average molecular weight is 289 g/mol. The standard InChI is InChI=1S/C15H19N3OS/c1-13(20-14-6-3-2-4-7-14)15(19)17-8-5-10-18-11-9-16-12-18/h2-4,6-7,9,11-13H,5,8,10H2,1H3,(H,17,19)/t13-/m1/s1. The van der Waals surface area contributed by atoms with E-state index in [1.165, 1.54) is 0 Å². The lowest BCUT2D eigenvalue weighted by Gasteiger charge is -2.12. The Bertz CT molecular complexity index is 513. The molecule has 4 nitrogen and oxygen atoms in total. The van der Waals surface area contributed by atoms with E-state index >= 15 is 0 Å². The number of aryl methyl sites for hydroxylation is 1. The van der Waals surface area contributed by atoms with Gasteiger partial charge in [0, 0.05) is 30.4 Å². The first-order valence-electron chi connectivity index (χ1n) is 6.71. The molecular weight excluding hydrogens is 270 g/mol. The number of imidazole rings is 1. The van der Waals surface area contributed by atoms with Gasteiger partial charge in [0.05, 0.1) is 11.6 Å². The van der Waals surface area contributed by atoms with Gasteiger partial charge in [-0.1, -0.05) is 18.2 Å². The lowest BCUT2D eigenvalue weighted by atomic mass is 10.4. The Morgan fingerprint density at radius 3 is 2.90 bits per heavy atom. The van der Waals surface area contributed by atoms with E-state index in [-0.39, 0.29) is 11.2 Å². The van der Waals surface area contributed by atoms with E-state index in [1.807, 2.05) is 48.0 Å². The SMILES string of the molecule is C[C@@H](Sc1ccccc1)C(=O)NCCCn1ccnc1. The van der Waals surface area contributed by atoms with Crippen molar-refractivity contribution in [3.63, 3.8) is 0 Å². The van der Waals surface area contributed by atoms with Crippen LogP contribution in [-0.4, -0.2) is 27.3 Å². The molecule has 0 spiro atoms. The smallest absolute Gasteiger partial charge is 0.233 e. The van der Waals surface area contributed by atoms with E-state index < -0.39 is 0 Å². The van der Waals surface area contributed by atoms with Gasteiger partial charge < -0.3 is 9.88 Å². The van der Waals surface area contributed by atoms with Crippen molar-refractivity contribution in [1.82, 2.24) is 14.9 Å². The molecule has 0 unspecified atom stereocenters. The molecule has 0 aliphatic carbocycles. The molecule has 2 rings (SSSR count). The van der Waals surface area contributed by atoms with Crippen LogP contribution >= 0.6 is 11.8 Å². The molecule has 2 aromatic rings. The number of hydrogen-bond acceptors (Lipinski definition) is 3. The molecule has 20 heavy (non-hydrogen) atoms. The Morgan fingerprint density at radius 2 is 2.20 bits per heavy atom. The van der Waals surface area contributed by atoms with Gasteiger partial charge in [-0.15, -0.1) is 11.8 Å². The Kier molecular flexibility index (Phi) is 5.68. The van der Waals surface area contributed by atoms with E-state index in [4.69, 9.17) is 0 Å². The molecule has 1 aromatic heterocycles. The van der Waals surface area contributed by atoms with Crippen molar-refractivity contribution < 1.29 is 4.79 Å². The van der Waals surface area contributed by atoms with Crippen LogP contribution in [0.15, 0.2) is 53.9 Å².